The second-order valence-corrected chi connectivity index (χ2v) is 12.3. The van der Waals surface area contributed by atoms with E-state index < -0.39 is 0 Å². The van der Waals surface area contributed by atoms with Gasteiger partial charge in [-0.05, 0) is 71.4 Å². The fourth-order valence-electron chi connectivity index (χ4n) is 6.60. The van der Waals surface area contributed by atoms with Gasteiger partial charge >= 0.3 is 0 Å². The second kappa shape index (κ2) is 8.93. The predicted octanol–water partition coefficient (Wildman–Crippen LogP) is 11.9. The first-order chi connectivity index (χ1) is 21.8. The van der Waals surface area contributed by atoms with Gasteiger partial charge in [-0.2, -0.15) is 0 Å². The van der Waals surface area contributed by atoms with Crippen LogP contribution in [-0.4, -0.2) is 4.98 Å². The molecule has 206 valence electrons. The smallest absolute Gasteiger partial charge is 0.153 e. The van der Waals surface area contributed by atoms with Gasteiger partial charge < -0.3 is 8.83 Å². The molecule has 10 aromatic rings. The Labute approximate surface area is 255 Å². The molecule has 0 unspecified atom stereocenters. The van der Waals surface area contributed by atoms with E-state index in [1.165, 1.54) is 25.6 Å². The van der Waals surface area contributed by atoms with Crippen molar-refractivity contribution in [2.24, 2.45) is 0 Å². The minimum absolute atomic E-state index is 0.769. The standard InChI is InChI=1S/C39H22N2O2S/c1-2-8-24-18-34-30(17-23(24)7-1)31-21-39(40-22-36(31)43-34)41(25-14-16-38-32(19-25)29-10-4-6-12-37(29)44-38)26-13-15-28-27-9-3-5-11-33(27)42-35(28)20-26/h1-22H. The first kappa shape index (κ1) is 23.9. The van der Waals surface area contributed by atoms with E-state index in [-0.39, 0.29) is 0 Å². The summed E-state index contributed by atoms with van der Waals surface area (Å²) in [5.74, 6) is 0.808. The maximum absolute atomic E-state index is 6.33. The number of hydrogen-bond acceptors (Lipinski definition) is 5. The summed E-state index contributed by atoms with van der Waals surface area (Å²) < 4.78 is 15.2. The number of thiophene rings is 1. The number of aromatic nitrogens is 1. The fourth-order valence-corrected chi connectivity index (χ4v) is 7.69. The quantitative estimate of drug-likeness (QED) is 0.208. The van der Waals surface area contributed by atoms with Gasteiger partial charge in [0.05, 0.1) is 11.9 Å². The van der Waals surface area contributed by atoms with E-state index in [4.69, 9.17) is 13.8 Å². The van der Waals surface area contributed by atoms with Crippen LogP contribution in [0.15, 0.2) is 142 Å². The number of rotatable bonds is 3. The van der Waals surface area contributed by atoms with Crippen molar-refractivity contribution in [1.82, 2.24) is 4.98 Å². The maximum atomic E-state index is 6.33. The van der Waals surface area contributed by atoms with Crippen LogP contribution in [0.2, 0.25) is 0 Å². The lowest BCUT2D eigenvalue weighted by molar-refractivity contribution is 0.667. The molecule has 44 heavy (non-hydrogen) atoms. The average molecular weight is 583 g/mol. The zero-order chi connectivity index (χ0) is 28.8. The first-order valence-corrected chi connectivity index (χ1v) is 15.4. The van der Waals surface area contributed by atoms with E-state index in [1.54, 1.807) is 0 Å². The number of fused-ring (bicyclic) bond motifs is 10. The molecule has 0 aliphatic rings. The number of benzene rings is 6. The third-order valence-corrected chi connectivity index (χ3v) is 9.83. The number of para-hydroxylation sites is 1. The Morgan fingerprint density at radius 2 is 1.11 bits per heavy atom. The Morgan fingerprint density at radius 3 is 2.05 bits per heavy atom. The summed E-state index contributed by atoms with van der Waals surface area (Å²) in [6.07, 6.45) is 1.85. The van der Waals surface area contributed by atoms with Crippen LogP contribution in [-0.2, 0) is 0 Å². The highest BCUT2D eigenvalue weighted by atomic mass is 32.1. The highest BCUT2D eigenvalue weighted by molar-refractivity contribution is 7.25. The van der Waals surface area contributed by atoms with E-state index in [0.29, 0.717) is 0 Å². The minimum atomic E-state index is 0.769. The van der Waals surface area contributed by atoms with Crippen LogP contribution in [0, 0.1) is 0 Å². The average Bonchev–Trinajstić information content (AvgIpc) is 3.74. The van der Waals surface area contributed by atoms with Crippen molar-refractivity contribution < 1.29 is 8.83 Å². The Balaban J connectivity index is 1.23. The summed E-state index contributed by atoms with van der Waals surface area (Å²) >= 11 is 1.82. The summed E-state index contributed by atoms with van der Waals surface area (Å²) in [6.45, 7) is 0. The minimum Gasteiger partial charge on any atom is -0.456 e. The molecule has 6 aromatic carbocycles. The molecule has 0 bridgehead atoms. The number of nitrogens with zero attached hydrogens (tertiary/aromatic N) is 2. The van der Waals surface area contributed by atoms with Crippen molar-refractivity contribution in [2.75, 3.05) is 4.90 Å². The van der Waals surface area contributed by atoms with Crippen LogP contribution in [0.4, 0.5) is 17.2 Å². The SMILES string of the molecule is c1ccc2cc3c(cc2c1)oc1cnc(N(c2ccc4c(c2)oc2ccccc24)c2ccc4sc5ccccc5c4c2)cc13. The molecule has 0 N–H and O–H groups in total. The molecule has 5 heteroatoms. The Morgan fingerprint density at radius 1 is 0.455 bits per heavy atom. The van der Waals surface area contributed by atoms with Crippen molar-refractivity contribution in [3.63, 3.8) is 0 Å². The molecule has 0 aliphatic heterocycles. The zero-order valence-electron chi connectivity index (χ0n) is 23.3. The third-order valence-electron chi connectivity index (χ3n) is 8.68. The predicted molar refractivity (Wildman–Crippen MR) is 184 cm³/mol. The van der Waals surface area contributed by atoms with E-state index in [0.717, 1.165) is 66.5 Å². The molecule has 4 aromatic heterocycles. The van der Waals surface area contributed by atoms with Gasteiger partial charge in [0.1, 0.15) is 22.6 Å². The molecule has 0 atom stereocenters. The maximum Gasteiger partial charge on any atom is 0.153 e. The molecule has 4 heterocycles. The van der Waals surface area contributed by atoms with Gasteiger partial charge in [-0.25, -0.2) is 4.98 Å². The Kier molecular flexibility index (Phi) is 4.84. The molecule has 0 radical (unpaired) electrons. The fraction of sp³-hybridized carbons (Fsp3) is 0. The topological polar surface area (TPSA) is 42.4 Å². The summed E-state index contributed by atoms with van der Waals surface area (Å²) in [5, 5.41) is 9.16. The van der Waals surface area contributed by atoms with Gasteiger partial charge in [0.2, 0.25) is 0 Å². The van der Waals surface area contributed by atoms with Crippen molar-refractivity contribution in [1.29, 1.82) is 0 Å². The van der Waals surface area contributed by atoms with E-state index >= 15 is 0 Å². The van der Waals surface area contributed by atoms with Crippen LogP contribution in [0.25, 0.3) is 74.8 Å². The van der Waals surface area contributed by atoms with E-state index in [1.807, 2.05) is 29.7 Å². The molecule has 10 rings (SSSR count). The molecule has 0 spiro atoms. The van der Waals surface area contributed by atoms with Crippen LogP contribution in [0.3, 0.4) is 0 Å². The van der Waals surface area contributed by atoms with E-state index in [2.05, 4.69) is 120 Å². The molecule has 0 fully saturated rings. The lowest BCUT2D eigenvalue weighted by Gasteiger charge is -2.24. The number of pyridine rings is 1. The van der Waals surface area contributed by atoms with Crippen LogP contribution in [0.5, 0.6) is 0 Å². The van der Waals surface area contributed by atoms with E-state index in [9.17, 15) is 0 Å². The Bertz CT molecular complexity index is 2750. The van der Waals surface area contributed by atoms with Crippen LogP contribution < -0.4 is 4.90 Å². The highest BCUT2D eigenvalue weighted by Gasteiger charge is 2.20. The lowest BCUT2D eigenvalue weighted by Crippen LogP contribution is -2.11. The third kappa shape index (κ3) is 3.47. The molecule has 0 saturated heterocycles. The van der Waals surface area contributed by atoms with Crippen molar-refractivity contribution >= 4 is 103 Å². The van der Waals surface area contributed by atoms with Crippen molar-refractivity contribution in [2.45, 2.75) is 0 Å². The van der Waals surface area contributed by atoms with Gasteiger partial charge in [-0.1, -0.05) is 60.7 Å². The normalized spacial score (nSPS) is 12.1. The molecule has 0 amide bonds. The molecule has 0 aliphatic carbocycles. The molecule has 4 nitrogen and oxygen atoms in total. The summed E-state index contributed by atoms with van der Waals surface area (Å²) in [6, 6.07) is 44.8. The van der Waals surface area contributed by atoms with Crippen molar-refractivity contribution in [3.05, 3.63) is 134 Å². The lowest BCUT2D eigenvalue weighted by atomic mass is 10.1. The highest BCUT2D eigenvalue weighted by Crippen LogP contribution is 2.43. The summed E-state index contributed by atoms with van der Waals surface area (Å²) in [5.41, 5.74) is 5.36. The second-order valence-electron chi connectivity index (χ2n) is 11.2. The largest absolute Gasteiger partial charge is 0.456 e. The van der Waals surface area contributed by atoms with Gasteiger partial charge in [-0.15, -0.1) is 11.3 Å². The first-order valence-electron chi connectivity index (χ1n) is 14.6. The van der Waals surface area contributed by atoms with Gasteiger partial charge in [0.25, 0.3) is 0 Å². The van der Waals surface area contributed by atoms with Crippen LogP contribution >= 0.6 is 11.3 Å². The van der Waals surface area contributed by atoms with Crippen molar-refractivity contribution in [3.8, 4) is 0 Å². The van der Waals surface area contributed by atoms with Crippen LogP contribution in [0.1, 0.15) is 0 Å². The monoisotopic (exact) mass is 582 g/mol. The van der Waals surface area contributed by atoms with Gasteiger partial charge in [0, 0.05) is 53.5 Å². The zero-order valence-corrected chi connectivity index (χ0v) is 24.1. The number of anilines is 3. The molecular weight excluding hydrogens is 561 g/mol. The number of hydrogen-bond donors (Lipinski definition) is 0. The number of furan rings is 2. The summed E-state index contributed by atoms with van der Waals surface area (Å²) in [4.78, 5) is 7.20. The van der Waals surface area contributed by atoms with Gasteiger partial charge in [-0.3, -0.25) is 4.90 Å². The molecule has 0 saturated carbocycles. The Hall–Kier alpha value is -5.65. The molecular formula is C39H22N2O2S. The summed E-state index contributed by atoms with van der Waals surface area (Å²) in [7, 11) is 0. The van der Waals surface area contributed by atoms with Gasteiger partial charge in [0.15, 0.2) is 5.58 Å².